The Bertz CT molecular complexity index is 1040. The van der Waals surface area contributed by atoms with Crippen molar-refractivity contribution < 1.29 is 23.9 Å². The van der Waals surface area contributed by atoms with Crippen molar-refractivity contribution in [1.82, 2.24) is 4.90 Å². The van der Waals surface area contributed by atoms with Crippen molar-refractivity contribution in [3.63, 3.8) is 0 Å². The van der Waals surface area contributed by atoms with Crippen LogP contribution in [0.25, 0.3) is 0 Å². The molecule has 0 spiro atoms. The lowest BCUT2D eigenvalue weighted by molar-refractivity contribution is -0.128. The van der Waals surface area contributed by atoms with E-state index in [1.165, 1.54) is 30.9 Å². The largest absolute Gasteiger partial charge is 0.495 e. The van der Waals surface area contributed by atoms with E-state index in [2.05, 4.69) is 15.0 Å². The predicted molar refractivity (Wildman–Crippen MR) is 120 cm³/mol. The lowest BCUT2D eigenvalue weighted by atomic mass is 10.2. The van der Waals surface area contributed by atoms with E-state index in [0.29, 0.717) is 32.9 Å². The molecule has 1 aliphatic rings. The number of methoxy groups -OCH3 is 2. The number of nitrogens with zero attached hydrogens (tertiary/aromatic N) is 2. The number of esters is 1. The highest BCUT2D eigenvalue weighted by molar-refractivity contribution is 8.15. The van der Waals surface area contributed by atoms with E-state index < -0.39 is 11.2 Å². The Kier molecular flexibility index (Phi) is 7.19. The second-order valence-electron chi connectivity index (χ2n) is 6.53. The van der Waals surface area contributed by atoms with Crippen LogP contribution in [0.4, 0.5) is 11.4 Å². The van der Waals surface area contributed by atoms with Gasteiger partial charge in [0.15, 0.2) is 5.17 Å². The number of rotatable bonds is 5. The molecule has 1 unspecified atom stereocenters. The molecule has 0 aromatic heterocycles. The minimum atomic E-state index is -0.656. The lowest BCUT2D eigenvalue weighted by Gasteiger charge is -2.28. The third kappa shape index (κ3) is 5.36. The molecule has 3 rings (SSSR count). The number of benzene rings is 2. The maximum absolute atomic E-state index is 12.7. The van der Waals surface area contributed by atoms with Crippen molar-refractivity contribution >= 4 is 57.7 Å². The number of amides is 2. The SMILES string of the molecule is COC(=O)c1ccc(NC(=O)C2CC(=O)N(C)C(=Nc3ccc(OC)c(Cl)c3)S2)cc1. The molecule has 8 nitrogen and oxygen atoms in total. The Morgan fingerprint density at radius 3 is 2.52 bits per heavy atom. The van der Waals surface area contributed by atoms with E-state index in [9.17, 15) is 14.4 Å². The minimum Gasteiger partial charge on any atom is -0.495 e. The van der Waals surface area contributed by atoms with Gasteiger partial charge >= 0.3 is 5.97 Å². The second-order valence-corrected chi connectivity index (χ2v) is 8.11. The molecule has 2 aromatic carbocycles. The van der Waals surface area contributed by atoms with E-state index in [-0.39, 0.29) is 18.2 Å². The summed E-state index contributed by atoms with van der Waals surface area (Å²) in [5.41, 5.74) is 1.41. The van der Waals surface area contributed by atoms with Gasteiger partial charge < -0.3 is 14.8 Å². The molecular formula is C21H20ClN3O5S. The molecule has 1 fully saturated rings. The van der Waals surface area contributed by atoms with Crippen LogP contribution in [-0.2, 0) is 14.3 Å². The van der Waals surface area contributed by atoms with Crippen molar-refractivity contribution in [3.05, 3.63) is 53.1 Å². The first-order valence-corrected chi connectivity index (χ1v) is 10.4. The monoisotopic (exact) mass is 461 g/mol. The molecule has 1 saturated heterocycles. The highest BCUT2D eigenvalue weighted by Gasteiger charge is 2.34. The zero-order valence-corrected chi connectivity index (χ0v) is 18.6. The standard InChI is InChI=1S/C21H20ClN3O5S/c1-25-18(26)11-17(19(27)23-13-6-4-12(5-7-13)20(28)30-3)31-21(25)24-14-8-9-16(29-2)15(22)10-14/h4-10,17H,11H2,1-3H3,(H,23,27). The number of nitrogens with one attached hydrogen (secondary N) is 1. The summed E-state index contributed by atoms with van der Waals surface area (Å²) >= 11 is 7.33. The van der Waals surface area contributed by atoms with Crippen molar-refractivity contribution in [2.45, 2.75) is 11.7 Å². The molecule has 10 heteroatoms. The topological polar surface area (TPSA) is 97.3 Å². The number of carbonyl (C=O) groups excluding carboxylic acids is 3. The van der Waals surface area contributed by atoms with Gasteiger partial charge in [-0.2, -0.15) is 0 Å². The normalized spacial score (nSPS) is 17.4. The molecule has 2 amide bonds. The first-order chi connectivity index (χ1) is 14.8. The van der Waals surface area contributed by atoms with Gasteiger partial charge in [0.25, 0.3) is 0 Å². The molecule has 31 heavy (non-hydrogen) atoms. The van der Waals surface area contributed by atoms with Crippen LogP contribution in [0.15, 0.2) is 47.5 Å². The van der Waals surface area contributed by atoms with Gasteiger partial charge in [0, 0.05) is 19.2 Å². The van der Waals surface area contributed by atoms with Crippen LogP contribution in [0.2, 0.25) is 5.02 Å². The predicted octanol–water partition coefficient (Wildman–Crippen LogP) is 3.73. The molecule has 162 valence electrons. The summed E-state index contributed by atoms with van der Waals surface area (Å²) in [5.74, 6) is -0.508. The average Bonchev–Trinajstić information content (AvgIpc) is 2.76. The zero-order valence-electron chi connectivity index (χ0n) is 17.0. The van der Waals surface area contributed by atoms with Crippen LogP contribution >= 0.6 is 23.4 Å². The van der Waals surface area contributed by atoms with Crippen molar-refractivity contribution in [2.75, 3.05) is 26.6 Å². The maximum Gasteiger partial charge on any atom is 0.337 e. The van der Waals surface area contributed by atoms with E-state index in [1.807, 2.05) is 0 Å². The van der Waals surface area contributed by atoms with Gasteiger partial charge in [-0.3, -0.25) is 14.5 Å². The number of halogens is 1. The smallest absolute Gasteiger partial charge is 0.337 e. The third-order valence-electron chi connectivity index (χ3n) is 4.49. The number of thioether (sulfide) groups is 1. The lowest BCUT2D eigenvalue weighted by Crippen LogP contribution is -2.43. The summed E-state index contributed by atoms with van der Waals surface area (Å²) in [7, 11) is 4.42. The Balaban J connectivity index is 1.75. The van der Waals surface area contributed by atoms with Gasteiger partial charge in [0.2, 0.25) is 11.8 Å². The van der Waals surface area contributed by atoms with Gasteiger partial charge in [-0.15, -0.1) is 0 Å². The molecular weight excluding hydrogens is 442 g/mol. The average molecular weight is 462 g/mol. The van der Waals surface area contributed by atoms with Crippen LogP contribution < -0.4 is 10.1 Å². The highest BCUT2D eigenvalue weighted by atomic mass is 35.5. The molecule has 1 aliphatic heterocycles. The molecule has 1 atom stereocenters. The zero-order chi connectivity index (χ0) is 22.5. The van der Waals surface area contributed by atoms with Gasteiger partial charge in [0.1, 0.15) is 11.0 Å². The molecule has 0 bridgehead atoms. The Labute approximate surface area is 188 Å². The Hall–Kier alpha value is -3.04. The van der Waals surface area contributed by atoms with Gasteiger partial charge in [0.05, 0.1) is 30.5 Å². The van der Waals surface area contributed by atoms with Crippen LogP contribution in [0.1, 0.15) is 16.8 Å². The van der Waals surface area contributed by atoms with Gasteiger partial charge in [-0.25, -0.2) is 9.79 Å². The molecule has 0 aliphatic carbocycles. The van der Waals surface area contributed by atoms with E-state index in [0.717, 1.165) is 0 Å². The third-order valence-corrected chi connectivity index (χ3v) is 6.03. The fourth-order valence-corrected chi connectivity index (χ4v) is 4.08. The number of amidine groups is 1. The molecule has 1 N–H and O–H groups in total. The van der Waals surface area contributed by atoms with Gasteiger partial charge in [-0.05, 0) is 42.5 Å². The van der Waals surface area contributed by atoms with Crippen LogP contribution in [0, 0.1) is 0 Å². The number of carbonyl (C=O) groups is 3. The van der Waals surface area contributed by atoms with Crippen LogP contribution in [0.3, 0.4) is 0 Å². The number of hydrogen-bond donors (Lipinski definition) is 1. The molecule has 2 aromatic rings. The summed E-state index contributed by atoms with van der Waals surface area (Å²) in [5, 5.41) is 2.89. The van der Waals surface area contributed by atoms with Crippen molar-refractivity contribution in [3.8, 4) is 5.75 Å². The number of hydrogen-bond acceptors (Lipinski definition) is 7. The fraction of sp³-hybridized carbons (Fsp3) is 0.238. The summed E-state index contributed by atoms with van der Waals surface area (Å²) in [4.78, 5) is 42.6. The minimum absolute atomic E-state index is 0.0373. The fourth-order valence-electron chi connectivity index (χ4n) is 2.76. The summed E-state index contributed by atoms with van der Waals surface area (Å²) in [6, 6.07) is 11.3. The van der Waals surface area contributed by atoms with E-state index in [1.54, 1.807) is 49.5 Å². The van der Waals surface area contributed by atoms with Crippen LogP contribution in [0.5, 0.6) is 5.75 Å². The summed E-state index contributed by atoms with van der Waals surface area (Å²) < 4.78 is 9.79. The summed E-state index contributed by atoms with van der Waals surface area (Å²) in [6.07, 6.45) is 0.0373. The molecule has 0 radical (unpaired) electrons. The quantitative estimate of drug-likeness (QED) is 0.681. The second kappa shape index (κ2) is 9.84. The first kappa shape index (κ1) is 22.6. The number of aliphatic imine (C=N–C) groups is 1. The maximum atomic E-state index is 12.7. The number of ether oxygens (including phenoxy) is 2. The van der Waals surface area contributed by atoms with E-state index in [4.69, 9.17) is 16.3 Å². The Morgan fingerprint density at radius 1 is 1.19 bits per heavy atom. The first-order valence-electron chi connectivity index (χ1n) is 9.17. The van der Waals surface area contributed by atoms with Crippen molar-refractivity contribution in [2.24, 2.45) is 4.99 Å². The molecule has 0 saturated carbocycles. The van der Waals surface area contributed by atoms with Crippen molar-refractivity contribution in [1.29, 1.82) is 0 Å². The summed E-state index contributed by atoms with van der Waals surface area (Å²) in [6.45, 7) is 0. The van der Waals surface area contributed by atoms with Crippen LogP contribution in [-0.4, -0.2) is 54.4 Å². The highest BCUT2D eigenvalue weighted by Crippen LogP contribution is 2.32. The Morgan fingerprint density at radius 2 is 1.90 bits per heavy atom. The van der Waals surface area contributed by atoms with E-state index >= 15 is 0 Å². The number of anilines is 1. The van der Waals surface area contributed by atoms with Gasteiger partial charge in [-0.1, -0.05) is 23.4 Å². The molecule has 1 heterocycles.